The van der Waals surface area contributed by atoms with E-state index in [4.69, 9.17) is 4.74 Å². The second kappa shape index (κ2) is 8.75. The smallest absolute Gasteiger partial charge is 0.416 e. The number of halogens is 3. The Morgan fingerprint density at radius 2 is 1.68 bits per heavy atom. The second-order valence-electron chi connectivity index (χ2n) is 7.27. The number of pyridine rings is 1. The fraction of sp³-hybridized carbons (Fsp3) is 0.0870. The van der Waals surface area contributed by atoms with E-state index < -0.39 is 42.8 Å². The quantitative estimate of drug-likeness (QED) is 0.246. The molecule has 0 radical (unpaired) electrons. The van der Waals surface area contributed by atoms with Crippen molar-refractivity contribution in [3.8, 4) is 11.5 Å². The van der Waals surface area contributed by atoms with Crippen molar-refractivity contribution < 1.29 is 31.2 Å². The Morgan fingerprint density at radius 3 is 2.35 bits per heavy atom. The van der Waals surface area contributed by atoms with E-state index in [1.807, 2.05) is 24.3 Å². The fourth-order valence-electron chi connectivity index (χ4n) is 3.34. The molecule has 11 heteroatoms. The van der Waals surface area contributed by atoms with Gasteiger partial charge in [0, 0.05) is 17.6 Å². The van der Waals surface area contributed by atoms with Gasteiger partial charge in [-0.2, -0.15) is 13.2 Å². The van der Waals surface area contributed by atoms with Gasteiger partial charge < -0.3 is 4.74 Å². The van der Waals surface area contributed by atoms with Crippen molar-refractivity contribution in [3.05, 3.63) is 100 Å². The first kappa shape index (κ1) is 23.2. The largest absolute Gasteiger partial charge is 0.457 e. The van der Waals surface area contributed by atoms with Crippen LogP contribution in [0.2, 0.25) is 0 Å². The second-order valence-corrected chi connectivity index (χ2v) is 9.23. The third-order valence-electron chi connectivity index (χ3n) is 4.93. The standard InChI is InChI=1S/C23H15F3N2O5S/c24-23(25,26)16-7-10-22(20(13-16)28(29)30)34(31,32)14-15-5-8-17(9-6-15)33-21-11-12-27-19-4-2-1-3-18(19)21/h1-13H,14H2. The van der Waals surface area contributed by atoms with Crippen molar-refractivity contribution in [2.45, 2.75) is 16.8 Å². The monoisotopic (exact) mass is 488 g/mol. The van der Waals surface area contributed by atoms with E-state index in [1.165, 1.54) is 24.3 Å². The minimum absolute atomic E-state index is 0.225. The summed E-state index contributed by atoms with van der Waals surface area (Å²) >= 11 is 0. The van der Waals surface area contributed by atoms with Crippen LogP contribution in [0, 0.1) is 10.1 Å². The van der Waals surface area contributed by atoms with Crippen molar-refractivity contribution in [2.75, 3.05) is 0 Å². The van der Waals surface area contributed by atoms with Gasteiger partial charge in [-0.3, -0.25) is 15.1 Å². The Labute approximate surface area is 191 Å². The number of hydrogen-bond donors (Lipinski definition) is 0. The van der Waals surface area contributed by atoms with Gasteiger partial charge in [0.05, 0.1) is 21.8 Å². The number of nitrogens with zero attached hydrogens (tertiary/aromatic N) is 2. The number of ether oxygens (including phenoxy) is 1. The number of nitro groups is 1. The van der Waals surface area contributed by atoms with E-state index in [-0.39, 0.29) is 11.6 Å². The van der Waals surface area contributed by atoms with E-state index in [1.54, 1.807) is 12.3 Å². The zero-order chi connectivity index (χ0) is 24.5. The SMILES string of the molecule is O=[N+]([O-])c1cc(C(F)(F)F)ccc1S(=O)(=O)Cc1ccc(Oc2ccnc3ccccc23)cc1. The molecule has 34 heavy (non-hydrogen) atoms. The summed E-state index contributed by atoms with van der Waals surface area (Å²) in [4.78, 5) is 13.6. The predicted octanol–water partition coefficient (Wildman–Crippen LogP) is 5.93. The average Bonchev–Trinajstić information content (AvgIpc) is 2.79. The van der Waals surface area contributed by atoms with Crippen LogP contribution < -0.4 is 4.74 Å². The van der Waals surface area contributed by atoms with Crippen molar-refractivity contribution in [3.63, 3.8) is 0 Å². The van der Waals surface area contributed by atoms with Gasteiger partial charge in [-0.1, -0.05) is 24.3 Å². The fourth-order valence-corrected chi connectivity index (χ4v) is 4.85. The number of sulfone groups is 1. The third kappa shape index (κ3) is 4.84. The normalized spacial score (nSPS) is 12.0. The molecule has 1 aromatic heterocycles. The maximum atomic E-state index is 12.9. The molecule has 3 aromatic carbocycles. The van der Waals surface area contributed by atoms with Crippen LogP contribution >= 0.6 is 0 Å². The van der Waals surface area contributed by atoms with E-state index in [0.29, 0.717) is 23.6 Å². The Hall–Kier alpha value is -3.99. The van der Waals surface area contributed by atoms with E-state index >= 15 is 0 Å². The number of fused-ring (bicyclic) bond motifs is 1. The van der Waals surface area contributed by atoms with Crippen LogP contribution in [-0.4, -0.2) is 18.3 Å². The van der Waals surface area contributed by atoms with Gasteiger partial charge in [0.15, 0.2) is 9.84 Å². The summed E-state index contributed by atoms with van der Waals surface area (Å²) in [5.74, 6) is 0.321. The summed E-state index contributed by atoms with van der Waals surface area (Å²) < 4.78 is 70.1. The highest BCUT2D eigenvalue weighted by molar-refractivity contribution is 7.90. The number of para-hydroxylation sites is 1. The topological polar surface area (TPSA) is 99.4 Å². The molecule has 0 atom stereocenters. The molecule has 0 aliphatic heterocycles. The number of hydrogen-bond acceptors (Lipinski definition) is 6. The van der Waals surface area contributed by atoms with E-state index in [0.717, 1.165) is 10.9 Å². The predicted molar refractivity (Wildman–Crippen MR) is 117 cm³/mol. The molecule has 0 fully saturated rings. The lowest BCUT2D eigenvalue weighted by atomic mass is 10.2. The minimum Gasteiger partial charge on any atom is -0.457 e. The molecule has 0 N–H and O–H groups in total. The molecule has 0 unspecified atom stereocenters. The first-order valence-corrected chi connectivity index (χ1v) is 11.4. The van der Waals surface area contributed by atoms with Crippen molar-refractivity contribution in [1.29, 1.82) is 0 Å². The van der Waals surface area contributed by atoms with Crippen LogP contribution in [0.1, 0.15) is 11.1 Å². The molecule has 4 rings (SSSR count). The van der Waals surface area contributed by atoms with Gasteiger partial charge >= 0.3 is 6.18 Å². The summed E-state index contributed by atoms with van der Waals surface area (Å²) in [7, 11) is -4.31. The number of alkyl halides is 3. The first-order chi connectivity index (χ1) is 16.0. The van der Waals surface area contributed by atoms with E-state index in [9.17, 15) is 31.7 Å². The van der Waals surface area contributed by atoms with Crippen LogP contribution in [0.5, 0.6) is 11.5 Å². The number of rotatable bonds is 6. The molecular weight excluding hydrogens is 473 g/mol. The van der Waals surface area contributed by atoms with Gasteiger partial charge in [0.25, 0.3) is 5.69 Å². The summed E-state index contributed by atoms with van der Waals surface area (Å²) in [5, 5.41) is 12.0. The molecule has 7 nitrogen and oxygen atoms in total. The van der Waals surface area contributed by atoms with Crippen molar-refractivity contribution >= 4 is 26.4 Å². The van der Waals surface area contributed by atoms with Crippen LogP contribution in [0.4, 0.5) is 18.9 Å². The van der Waals surface area contributed by atoms with Gasteiger partial charge in [-0.15, -0.1) is 0 Å². The van der Waals surface area contributed by atoms with Crippen LogP contribution in [0.3, 0.4) is 0 Å². The van der Waals surface area contributed by atoms with Gasteiger partial charge in [-0.25, -0.2) is 8.42 Å². The third-order valence-corrected chi connectivity index (χ3v) is 6.66. The molecule has 0 bridgehead atoms. The molecule has 0 amide bonds. The summed E-state index contributed by atoms with van der Waals surface area (Å²) in [6.07, 6.45) is -3.25. The molecule has 0 spiro atoms. The Kier molecular flexibility index (Phi) is 5.96. The number of benzene rings is 3. The highest BCUT2D eigenvalue weighted by Crippen LogP contribution is 2.36. The lowest BCUT2D eigenvalue weighted by Gasteiger charge is -2.11. The molecule has 0 aliphatic rings. The van der Waals surface area contributed by atoms with E-state index in [2.05, 4.69) is 4.98 Å². The lowest BCUT2D eigenvalue weighted by Crippen LogP contribution is -2.11. The molecule has 1 heterocycles. The van der Waals surface area contributed by atoms with Gasteiger partial charge in [0.1, 0.15) is 16.4 Å². The van der Waals surface area contributed by atoms with Gasteiger partial charge in [0.2, 0.25) is 0 Å². The lowest BCUT2D eigenvalue weighted by molar-refractivity contribution is -0.388. The summed E-state index contributed by atoms with van der Waals surface area (Å²) in [5.41, 5.74) is -1.41. The first-order valence-electron chi connectivity index (χ1n) is 9.73. The van der Waals surface area contributed by atoms with Gasteiger partial charge in [-0.05, 0) is 48.0 Å². The van der Waals surface area contributed by atoms with Crippen LogP contribution in [0.15, 0.2) is 83.9 Å². The minimum atomic E-state index is -4.84. The summed E-state index contributed by atoms with van der Waals surface area (Å²) in [6, 6.07) is 16.4. The summed E-state index contributed by atoms with van der Waals surface area (Å²) in [6.45, 7) is 0. The highest BCUT2D eigenvalue weighted by Gasteiger charge is 2.35. The molecule has 4 aromatic rings. The van der Waals surface area contributed by atoms with Crippen LogP contribution in [0.25, 0.3) is 10.9 Å². The van der Waals surface area contributed by atoms with Crippen molar-refractivity contribution in [2.24, 2.45) is 0 Å². The number of nitro benzene ring substituents is 1. The molecule has 0 saturated carbocycles. The zero-order valence-electron chi connectivity index (χ0n) is 17.2. The molecule has 0 saturated heterocycles. The maximum absolute atomic E-state index is 12.9. The average molecular weight is 488 g/mol. The van der Waals surface area contributed by atoms with Crippen molar-refractivity contribution in [1.82, 2.24) is 4.98 Å². The Morgan fingerprint density at radius 1 is 0.971 bits per heavy atom. The molecular formula is C23H15F3N2O5S. The molecule has 174 valence electrons. The zero-order valence-corrected chi connectivity index (χ0v) is 18.0. The highest BCUT2D eigenvalue weighted by atomic mass is 32.2. The Balaban J connectivity index is 1.58. The van der Waals surface area contributed by atoms with Crippen LogP contribution in [-0.2, 0) is 21.8 Å². The maximum Gasteiger partial charge on any atom is 0.416 e. The number of aromatic nitrogens is 1. The molecule has 0 aliphatic carbocycles. The Bertz CT molecular complexity index is 1480.